The monoisotopic (exact) mass is 437 g/mol. The van der Waals surface area contributed by atoms with Gasteiger partial charge in [0.15, 0.2) is 0 Å². The number of nitrogens with zero attached hydrogens (tertiary/aromatic N) is 3. The highest BCUT2D eigenvalue weighted by atomic mass is 32.1. The van der Waals surface area contributed by atoms with E-state index in [4.69, 9.17) is 9.47 Å². The molecule has 1 N–H and O–H groups in total. The third-order valence-electron chi connectivity index (χ3n) is 6.06. The molecule has 1 amide bonds. The van der Waals surface area contributed by atoms with E-state index >= 15 is 0 Å². The van der Waals surface area contributed by atoms with Crippen molar-refractivity contribution < 1.29 is 19.4 Å². The molecule has 1 fully saturated rings. The number of carbonyl (C=O) groups excluding carboxylic acids is 1. The maximum Gasteiger partial charge on any atom is 0.255 e. The summed E-state index contributed by atoms with van der Waals surface area (Å²) < 4.78 is 11.6. The first-order valence-corrected chi connectivity index (χ1v) is 11.1. The Hall–Kier alpha value is -2.97. The summed E-state index contributed by atoms with van der Waals surface area (Å²) in [6, 6.07) is 7.58. The number of fused-ring (bicyclic) bond motifs is 2. The van der Waals surface area contributed by atoms with Gasteiger partial charge in [0.05, 0.1) is 47.8 Å². The highest BCUT2D eigenvalue weighted by Crippen LogP contribution is 2.46. The lowest BCUT2D eigenvalue weighted by Gasteiger charge is -2.44. The van der Waals surface area contributed by atoms with E-state index in [0.29, 0.717) is 25.3 Å². The van der Waals surface area contributed by atoms with Crippen LogP contribution in [0, 0.1) is 0 Å². The SMILES string of the molecule is COc1ccc(-c2cc3c(s2)CCOC32CCN(C(=O)c3cncc(O)c3)CC2)nc1. The summed E-state index contributed by atoms with van der Waals surface area (Å²) in [6.07, 6.45) is 6.93. The molecule has 0 saturated carbocycles. The summed E-state index contributed by atoms with van der Waals surface area (Å²) in [7, 11) is 1.63. The molecule has 0 bridgehead atoms. The molecule has 5 rings (SSSR count). The van der Waals surface area contributed by atoms with Gasteiger partial charge in [-0.1, -0.05) is 0 Å². The van der Waals surface area contributed by atoms with Crippen LogP contribution in [0.2, 0.25) is 0 Å². The van der Waals surface area contributed by atoms with E-state index in [0.717, 1.165) is 35.6 Å². The number of aromatic hydroxyl groups is 1. The number of piperidine rings is 1. The molecule has 2 aliphatic heterocycles. The Labute approximate surface area is 184 Å². The van der Waals surface area contributed by atoms with Gasteiger partial charge in [0.25, 0.3) is 5.91 Å². The highest BCUT2D eigenvalue weighted by molar-refractivity contribution is 7.15. The number of thiophene rings is 1. The number of likely N-dealkylation sites (tertiary alicyclic amines) is 1. The molecular formula is C23H23N3O4S. The number of methoxy groups -OCH3 is 1. The molecule has 8 heteroatoms. The zero-order valence-corrected chi connectivity index (χ0v) is 18.0. The average molecular weight is 438 g/mol. The Balaban J connectivity index is 1.36. The molecule has 0 atom stereocenters. The third kappa shape index (κ3) is 3.66. The molecule has 0 unspecified atom stereocenters. The summed E-state index contributed by atoms with van der Waals surface area (Å²) in [6.45, 7) is 1.88. The second-order valence-corrected chi connectivity index (χ2v) is 8.98. The highest BCUT2D eigenvalue weighted by Gasteiger charge is 2.43. The van der Waals surface area contributed by atoms with Crippen molar-refractivity contribution in [1.82, 2.24) is 14.9 Å². The quantitative estimate of drug-likeness (QED) is 0.674. The van der Waals surface area contributed by atoms with Crippen LogP contribution in [0.4, 0.5) is 0 Å². The summed E-state index contributed by atoms with van der Waals surface area (Å²) in [5, 5.41) is 9.63. The van der Waals surface area contributed by atoms with E-state index < -0.39 is 0 Å². The van der Waals surface area contributed by atoms with E-state index in [1.807, 2.05) is 17.0 Å². The van der Waals surface area contributed by atoms with Gasteiger partial charge >= 0.3 is 0 Å². The molecule has 160 valence electrons. The van der Waals surface area contributed by atoms with E-state index in [9.17, 15) is 9.90 Å². The van der Waals surface area contributed by atoms with Gasteiger partial charge in [-0.25, -0.2) is 0 Å². The smallest absolute Gasteiger partial charge is 0.255 e. The minimum atomic E-state index is -0.358. The van der Waals surface area contributed by atoms with Crippen LogP contribution in [0.3, 0.4) is 0 Å². The molecule has 31 heavy (non-hydrogen) atoms. The number of amides is 1. The molecule has 5 heterocycles. The van der Waals surface area contributed by atoms with E-state index in [1.165, 1.54) is 28.9 Å². The standard InChI is InChI=1S/C23H23N3O4S/c1-29-17-2-3-19(25-14-17)21-11-18-20(31-21)4-9-30-23(18)5-7-26(8-6-23)22(28)15-10-16(27)13-24-12-15/h2-3,10-14,27H,4-9H2,1H3. The van der Waals surface area contributed by atoms with Gasteiger partial charge < -0.3 is 19.5 Å². The maximum absolute atomic E-state index is 12.8. The van der Waals surface area contributed by atoms with Crippen LogP contribution in [0.25, 0.3) is 10.6 Å². The lowest BCUT2D eigenvalue weighted by atomic mass is 9.82. The van der Waals surface area contributed by atoms with Gasteiger partial charge in [-0.3, -0.25) is 14.8 Å². The van der Waals surface area contributed by atoms with Crippen molar-refractivity contribution >= 4 is 17.2 Å². The minimum Gasteiger partial charge on any atom is -0.506 e. The summed E-state index contributed by atoms with van der Waals surface area (Å²) >= 11 is 1.78. The summed E-state index contributed by atoms with van der Waals surface area (Å²) in [5.41, 5.74) is 2.22. The number of pyridine rings is 2. The van der Waals surface area contributed by atoms with Gasteiger partial charge in [0.2, 0.25) is 0 Å². The largest absolute Gasteiger partial charge is 0.506 e. The first kappa shape index (κ1) is 20.0. The molecule has 0 aliphatic carbocycles. The molecule has 0 aromatic carbocycles. The van der Waals surface area contributed by atoms with Gasteiger partial charge in [0, 0.05) is 30.6 Å². The van der Waals surface area contributed by atoms with Crippen LogP contribution in [0.5, 0.6) is 11.5 Å². The number of hydrogen-bond donors (Lipinski definition) is 1. The van der Waals surface area contributed by atoms with Crippen LogP contribution >= 0.6 is 11.3 Å². The second kappa shape index (κ2) is 7.94. The van der Waals surface area contributed by atoms with Crippen molar-refractivity contribution in [2.24, 2.45) is 0 Å². The fraction of sp³-hybridized carbons (Fsp3) is 0.348. The van der Waals surface area contributed by atoms with Crippen molar-refractivity contribution in [3.63, 3.8) is 0 Å². The van der Waals surface area contributed by atoms with Crippen LogP contribution in [-0.2, 0) is 16.8 Å². The van der Waals surface area contributed by atoms with Gasteiger partial charge in [-0.2, -0.15) is 0 Å². The van der Waals surface area contributed by atoms with E-state index in [1.54, 1.807) is 24.6 Å². The third-order valence-corrected chi connectivity index (χ3v) is 7.28. The molecule has 1 saturated heterocycles. The van der Waals surface area contributed by atoms with Gasteiger partial charge in [-0.15, -0.1) is 11.3 Å². The van der Waals surface area contributed by atoms with Gasteiger partial charge in [-0.05, 0) is 42.7 Å². The van der Waals surface area contributed by atoms with Crippen LogP contribution in [0.1, 0.15) is 33.6 Å². The normalized spacial score (nSPS) is 17.4. The van der Waals surface area contributed by atoms with Crippen molar-refractivity contribution in [2.75, 3.05) is 26.8 Å². The Bertz CT molecular complexity index is 1100. The molecular weight excluding hydrogens is 414 g/mol. The topological polar surface area (TPSA) is 84.8 Å². The Kier molecular flexibility index (Phi) is 5.11. The summed E-state index contributed by atoms with van der Waals surface area (Å²) in [4.78, 5) is 25.6. The maximum atomic E-state index is 12.8. The Morgan fingerprint density at radius 2 is 2.06 bits per heavy atom. The number of hydrogen-bond acceptors (Lipinski definition) is 7. The zero-order valence-electron chi connectivity index (χ0n) is 17.2. The molecule has 3 aromatic rings. The number of carbonyl (C=O) groups is 1. The lowest BCUT2D eigenvalue weighted by molar-refractivity contribution is -0.0926. The van der Waals surface area contributed by atoms with Crippen molar-refractivity contribution in [1.29, 1.82) is 0 Å². The fourth-order valence-corrected chi connectivity index (χ4v) is 5.61. The Morgan fingerprint density at radius 3 is 2.77 bits per heavy atom. The van der Waals surface area contributed by atoms with E-state index in [-0.39, 0.29) is 17.3 Å². The Morgan fingerprint density at radius 1 is 1.23 bits per heavy atom. The first-order chi connectivity index (χ1) is 15.1. The number of aromatic nitrogens is 2. The predicted octanol–water partition coefficient (Wildman–Crippen LogP) is 3.62. The summed E-state index contributed by atoms with van der Waals surface area (Å²) in [5.74, 6) is 0.629. The van der Waals surface area contributed by atoms with E-state index in [2.05, 4.69) is 16.0 Å². The zero-order chi connectivity index (χ0) is 21.4. The number of ether oxygens (including phenoxy) is 2. The van der Waals surface area contributed by atoms with Crippen LogP contribution < -0.4 is 4.74 Å². The molecule has 2 aliphatic rings. The van der Waals surface area contributed by atoms with Crippen LogP contribution in [0.15, 0.2) is 42.9 Å². The van der Waals surface area contributed by atoms with Crippen molar-refractivity contribution in [3.05, 3.63) is 58.9 Å². The minimum absolute atomic E-state index is 0.00229. The van der Waals surface area contributed by atoms with Crippen molar-refractivity contribution in [3.8, 4) is 22.1 Å². The van der Waals surface area contributed by atoms with Crippen LogP contribution in [-0.4, -0.2) is 52.7 Å². The predicted molar refractivity (Wildman–Crippen MR) is 116 cm³/mol. The fourth-order valence-electron chi connectivity index (χ4n) is 4.40. The lowest BCUT2D eigenvalue weighted by Crippen LogP contribution is -2.48. The number of rotatable bonds is 3. The average Bonchev–Trinajstić information content (AvgIpc) is 3.25. The van der Waals surface area contributed by atoms with Gasteiger partial charge in [0.1, 0.15) is 11.5 Å². The second-order valence-electron chi connectivity index (χ2n) is 7.85. The molecule has 0 radical (unpaired) electrons. The molecule has 1 spiro atoms. The molecule has 3 aromatic heterocycles. The van der Waals surface area contributed by atoms with Crippen molar-refractivity contribution in [2.45, 2.75) is 24.9 Å². The molecule has 7 nitrogen and oxygen atoms in total. The first-order valence-electron chi connectivity index (χ1n) is 10.3.